The summed E-state index contributed by atoms with van der Waals surface area (Å²) >= 11 is 1.75. The van der Waals surface area contributed by atoms with Gasteiger partial charge >= 0.3 is 0 Å². The molecule has 10 nitrogen and oxygen atoms in total. The van der Waals surface area contributed by atoms with E-state index in [-0.39, 0.29) is 20.6 Å². The summed E-state index contributed by atoms with van der Waals surface area (Å²) < 4.78 is 28.1. The molecule has 152 valence electrons. The highest BCUT2D eigenvalue weighted by atomic mass is 32.2. The molecule has 13 heteroatoms. The van der Waals surface area contributed by atoms with Gasteiger partial charge in [-0.2, -0.15) is 0 Å². The fraction of sp³-hybridized carbons (Fsp3) is 0. The zero-order valence-electron chi connectivity index (χ0n) is 14.7. The molecule has 2 heterocycles. The maximum absolute atomic E-state index is 12.6. The average Bonchev–Trinajstić information content (AvgIpc) is 3.22. The standard InChI is InChI=1S/C17H10N4O6S3/c22-15-14(29-17(23)19-15)7-9-1-4-11(5-2-9)30(26,27)20-16-18-12-6-3-10(21(24)25)8-13(12)28-16/h1-8H,(H,18,20)(H,19,22,23)/b14-7+. The van der Waals surface area contributed by atoms with Gasteiger partial charge in [0.05, 0.1) is 24.9 Å². The summed E-state index contributed by atoms with van der Waals surface area (Å²) in [6.07, 6.45) is 1.48. The van der Waals surface area contributed by atoms with E-state index in [1.165, 1.54) is 48.5 Å². The van der Waals surface area contributed by atoms with Crippen molar-refractivity contribution in [3.63, 3.8) is 0 Å². The zero-order chi connectivity index (χ0) is 21.5. The molecule has 4 rings (SSSR count). The minimum absolute atomic E-state index is 0.0329. The molecule has 2 aromatic carbocycles. The van der Waals surface area contributed by atoms with E-state index in [1.807, 2.05) is 0 Å². The first-order valence-corrected chi connectivity index (χ1v) is 11.3. The molecule has 1 aromatic heterocycles. The number of nitro benzene ring substituents is 1. The van der Waals surface area contributed by atoms with Crippen molar-refractivity contribution in [2.24, 2.45) is 0 Å². The number of fused-ring (bicyclic) bond motifs is 1. The molecular weight excluding hydrogens is 452 g/mol. The molecule has 0 saturated carbocycles. The molecule has 1 aliphatic rings. The molecule has 0 atom stereocenters. The Bertz CT molecular complexity index is 1350. The number of carbonyl (C=O) groups is 2. The highest BCUT2D eigenvalue weighted by Gasteiger charge is 2.25. The average molecular weight is 462 g/mol. The Labute approximate surface area is 177 Å². The number of imide groups is 1. The number of aromatic nitrogens is 1. The quantitative estimate of drug-likeness (QED) is 0.333. The van der Waals surface area contributed by atoms with E-state index in [0.717, 1.165) is 23.1 Å². The van der Waals surface area contributed by atoms with E-state index >= 15 is 0 Å². The monoisotopic (exact) mass is 462 g/mol. The third kappa shape index (κ3) is 4.03. The summed E-state index contributed by atoms with van der Waals surface area (Å²) in [5.41, 5.74) is 0.877. The SMILES string of the molecule is O=C1NC(=O)/C(=C\c2ccc(S(=O)(=O)Nc3nc4ccc([N+](=O)[O-])cc4s3)cc2)S1. The van der Waals surface area contributed by atoms with E-state index < -0.39 is 26.1 Å². The molecule has 0 radical (unpaired) electrons. The van der Waals surface area contributed by atoms with Crippen molar-refractivity contribution >= 4 is 71.4 Å². The van der Waals surface area contributed by atoms with Crippen LogP contribution in [0.4, 0.5) is 15.6 Å². The number of sulfonamides is 1. The summed E-state index contributed by atoms with van der Waals surface area (Å²) in [6, 6.07) is 9.78. The van der Waals surface area contributed by atoms with Crippen molar-refractivity contribution < 1.29 is 22.9 Å². The second-order valence-electron chi connectivity index (χ2n) is 5.95. The molecular formula is C17H10N4O6S3. The fourth-order valence-electron chi connectivity index (χ4n) is 2.56. The summed E-state index contributed by atoms with van der Waals surface area (Å²) in [5.74, 6) is -0.501. The van der Waals surface area contributed by atoms with Crippen LogP contribution in [0, 0.1) is 10.1 Å². The Morgan fingerprint density at radius 1 is 1.13 bits per heavy atom. The number of thiazole rings is 1. The van der Waals surface area contributed by atoms with Gasteiger partial charge in [0, 0.05) is 12.1 Å². The maximum Gasteiger partial charge on any atom is 0.290 e. The van der Waals surface area contributed by atoms with Crippen LogP contribution in [-0.4, -0.2) is 29.5 Å². The van der Waals surface area contributed by atoms with Gasteiger partial charge in [-0.1, -0.05) is 23.5 Å². The van der Waals surface area contributed by atoms with Crippen LogP contribution in [0.1, 0.15) is 5.56 Å². The zero-order valence-corrected chi connectivity index (χ0v) is 17.1. The van der Waals surface area contributed by atoms with Gasteiger partial charge < -0.3 is 0 Å². The molecule has 30 heavy (non-hydrogen) atoms. The van der Waals surface area contributed by atoms with Crippen molar-refractivity contribution in [2.75, 3.05) is 4.72 Å². The molecule has 0 bridgehead atoms. The Kier molecular flexibility index (Phi) is 5.01. The lowest BCUT2D eigenvalue weighted by Crippen LogP contribution is -2.17. The van der Waals surface area contributed by atoms with E-state index in [4.69, 9.17) is 0 Å². The predicted molar refractivity (Wildman–Crippen MR) is 113 cm³/mol. The van der Waals surface area contributed by atoms with Crippen LogP contribution in [0.2, 0.25) is 0 Å². The maximum atomic E-state index is 12.6. The van der Waals surface area contributed by atoms with Gasteiger partial charge in [-0.25, -0.2) is 13.4 Å². The lowest BCUT2D eigenvalue weighted by molar-refractivity contribution is -0.384. The first kappa shape index (κ1) is 20.0. The summed E-state index contributed by atoms with van der Waals surface area (Å²) in [7, 11) is -3.95. The van der Waals surface area contributed by atoms with Crippen LogP contribution in [0.25, 0.3) is 16.3 Å². The number of nitrogens with one attached hydrogen (secondary N) is 2. The van der Waals surface area contributed by atoms with Crippen molar-refractivity contribution in [3.05, 3.63) is 63.0 Å². The van der Waals surface area contributed by atoms with Gasteiger partial charge in [0.15, 0.2) is 5.13 Å². The highest BCUT2D eigenvalue weighted by Crippen LogP contribution is 2.31. The number of amides is 2. The number of nitrogens with zero attached hydrogens (tertiary/aromatic N) is 2. The Morgan fingerprint density at radius 2 is 1.87 bits per heavy atom. The van der Waals surface area contributed by atoms with Crippen molar-refractivity contribution in [2.45, 2.75) is 4.90 Å². The molecule has 2 N–H and O–H groups in total. The van der Waals surface area contributed by atoms with E-state index in [9.17, 15) is 28.1 Å². The third-order valence-corrected chi connectivity index (χ3v) is 7.16. The van der Waals surface area contributed by atoms with Crippen LogP contribution in [0.5, 0.6) is 0 Å². The first-order chi connectivity index (χ1) is 14.2. The molecule has 1 fully saturated rings. The lowest BCUT2D eigenvalue weighted by Gasteiger charge is -2.05. The van der Waals surface area contributed by atoms with Crippen molar-refractivity contribution in [1.29, 1.82) is 0 Å². The second-order valence-corrected chi connectivity index (χ2v) is 9.68. The van der Waals surface area contributed by atoms with Crippen molar-refractivity contribution in [1.82, 2.24) is 10.3 Å². The van der Waals surface area contributed by atoms with E-state index in [1.54, 1.807) is 0 Å². The smallest absolute Gasteiger partial charge is 0.282 e. The summed E-state index contributed by atoms with van der Waals surface area (Å²) in [6.45, 7) is 0. The minimum Gasteiger partial charge on any atom is -0.282 e. The van der Waals surface area contributed by atoms with Gasteiger partial charge in [0.25, 0.3) is 26.9 Å². The van der Waals surface area contributed by atoms with Crippen molar-refractivity contribution in [3.8, 4) is 0 Å². The van der Waals surface area contributed by atoms with E-state index in [2.05, 4.69) is 15.0 Å². The number of non-ortho nitro benzene ring substituents is 1. The number of anilines is 1. The Morgan fingerprint density at radius 3 is 2.50 bits per heavy atom. The number of benzene rings is 2. The van der Waals surface area contributed by atoms with Crippen LogP contribution >= 0.6 is 23.1 Å². The summed E-state index contributed by atoms with van der Waals surface area (Å²) in [5, 5.41) is 12.6. The number of thioether (sulfide) groups is 1. The Hall–Kier alpha value is -3.29. The topological polar surface area (TPSA) is 148 Å². The molecule has 0 aliphatic carbocycles. The number of nitro groups is 1. The molecule has 0 unspecified atom stereocenters. The van der Waals surface area contributed by atoms with Crippen LogP contribution in [0.3, 0.4) is 0 Å². The molecule has 1 saturated heterocycles. The lowest BCUT2D eigenvalue weighted by atomic mass is 10.2. The number of hydrogen-bond donors (Lipinski definition) is 2. The van der Waals surface area contributed by atoms with E-state index in [0.29, 0.717) is 15.8 Å². The highest BCUT2D eigenvalue weighted by molar-refractivity contribution is 8.18. The largest absolute Gasteiger partial charge is 0.290 e. The van der Waals surface area contributed by atoms with Gasteiger partial charge in [0.1, 0.15) is 0 Å². The van der Waals surface area contributed by atoms with Crippen LogP contribution in [-0.2, 0) is 14.8 Å². The van der Waals surface area contributed by atoms with Gasteiger partial charge in [-0.3, -0.25) is 29.7 Å². The van der Waals surface area contributed by atoms with Crippen LogP contribution in [0.15, 0.2) is 52.3 Å². The minimum atomic E-state index is -3.95. The number of rotatable bonds is 5. The fourth-order valence-corrected chi connectivity index (χ4v) is 5.38. The molecule has 3 aromatic rings. The molecule has 2 amide bonds. The molecule has 1 aliphatic heterocycles. The van der Waals surface area contributed by atoms with Gasteiger partial charge in [0.2, 0.25) is 0 Å². The summed E-state index contributed by atoms with van der Waals surface area (Å²) in [4.78, 5) is 37.4. The normalized spacial score (nSPS) is 15.5. The third-order valence-electron chi connectivity index (χ3n) is 3.93. The second kappa shape index (κ2) is 7.51. The molecule has 0 spiro atoms. The number of hydrogen-bond acceptors (Lipinski definition) is 9. The number of carbonyl (C=O) groups excluding carboxylic acids is 2. The van der Waals surface area contributed by atoms with Gasteiger partial charge in [-0.15, -0.1) is 0 Å². The first-order valence-electron chi connectivity index (χ1n) is 8.14. The van der Waals surface area contributed by atoms with Gasteiger partial charge in [-0.05, 0) is 41.6 Å². The predicted octanol–water partition coefficient (Wildman–Crippen LogP) is 3.33. The Balaban J connectivity index is 1.56. The van der Waals surface area contributed by atoms with Crippen LogP contribution < -0.4 is 10.0 Å².